The minimum Gasteiger partial charge on any atom is -0.461 e. The minimum atomic E-state index is -3.49. The van der Waals surface area contributed by atoms with Crippen LogP contribution in [0.5, 0.6) is 0 Å². The van der Waals surface area contributed by atoms with Crippen LogP contribution >= 0.6 is 0 Å². The van der Waals surface area contributed by atoms with E-state index in [2.05, 4.69) is 0 Å². The average Bonchev–Trinajstić information content (AvgIpc) is 2.72. The lowest BCUT2D eigenvalue weighted by Gasteiger charge is -2.29. The average molecular weight is 400 g/mol. The molecule has 28 heavy (non-hydrogen) atoms. The fourth-order valence-corrected chi connectivity index (χ4v) is 4.34. The van der Waals surface area contributed by atoms with E-state index in [1.54, 1.807) is 6.08 Å². The van der Waals surface area contributed by atoms with Crippen molar-refractivity contribution in [3.8, 4) is 0 Å². The van der Waals surface area contributed by atoms with Gasteiger partial charge in [-0.15, -0.1) is 0 Å². The Hall–Kier alpha value is -2.44. The third kappa shape index (κ3) is 5.53. The van der Waals surface area contributed by atoms with Crippen LogP contribution in [-0.2, 0) is 26.2 Å². The van der Waals surface area contributed by atoms with Crippen molar-refractivity contribution in [2.24, 2.45) is 5.92 Å². The molecule has 3 rings (SSSR count). The summed E-state index contributed by atoms with van der Waals surface area (Å²) in [6, 6.07) is 17.2. The number of aryl methyl sites for hydroxylation is 1. The van der Waals surface area contributed by atoms with Gasteiger partial charge >= 0.3 is 5.97 Å². The van der Waals surface area contributed by atoms with Gasteiger partial charge < -0.3 is 4.74 Å². The van der Waals surface area contributed by atoms with Gasteiger partial charge in [0.25, 0.3) is 0 Å². The zero-order chi connectivity index (χ0) is 20.0. The fourth-order valence-electron chi connectivity index (χ4n) is 3.12. The molecule has 1 saturated heterocycles. The van der Waals surface area contributed by atoms with E-state index in [0.29, 0.717) is 25.9 Å². The molecular formula is C22H25NO4S. The van der Waals surface area contributed by atoms with Crippen LogP contribution in [0.15, 0.2) is 60.0 Å². The van der Waals surface area contributed by atoms with E-state index < -0.39 is 10.0 Å². The molecule has 0 amide bonds. The van der Waals surface area contributed by atoms with Gasteiger partial charge in [0.2, 0.25) is 10.0 Å². The summed E-state index contributed by atoms with van der Waals surface area (Å²) < 4.78 is 31.8. The van der Waals surface area contributed by atoms with Crippen LogP contribution in [0.1, 0.15) is 29.5 Å². The number of benzene rings is 2. The van der Waals surface area contributed by atoms with Crippen LogP contribution in [0.4, 0.5) is 0 Å². The van der Waals surface area contributed by atoms with Gasteiger partial charge in [0.15, 0.2) is 0 Å². The zero-order valence-corrected chi connectivity index (χ0v) is 16.8. The Bertz CT molecular complexity index is 913. The number of carbonyl (C=O) groups is 1. The van der Waals surface area contributed by atoms with Crippen LogP contribution in [0, 0.1) is 12.8 Å². The molecule has 0 saturated carbocycles. The molecule has 5 nitrogen and oxygen atoms in total. The van der Waals surface area contributed by atoms with E-state index in [1.807, 2.05) is 61.5 Å². The molecule has 2 aromatic rings. The maximum Gasteiger partial charge on any atom is 0.309 e. The van der Waals surface area contributed by atoms with E-state index in [4.69, 9.17) is 4.74 Å². The lowest BCUT2D eigenvalue weighted by atomic mass is 9.98. The Morgan fingerprint density at radius 3 is 2.36 bits per heavy atom. The van der Waals surface area contributed by atoms with E-state index in [-0.39, 0.29) is 18.5 Å². The highest BCUT2D eigenvalue weighted by Crippen LogP contribution is 2.22. The topological polar surface area (TPSA) is 63.7 Å². The van der Waals surface area contributed by atoms with Crippen LogP contribution < -0.4 is 0 Å². The van der Waals surface area contributed by atoms with Gasteiger partial charge in [0.1, 0.15) is 6.61 Å². The van der Waals surface area contributed by atoms with Crippen LogP contribution in [-0.4, -0.2) is 31.8 Å². The monoisotopic (exact) mass is 399 g/mol. The number of nitrogens with zero attached hydrogens (tertiary/aromatic N) is 1. The Morgan fingerprint density at radius 1 is 1.07 bits per heavy atom. The quantitative estimate of drug-likeness (QED) is 0.694. The van der Waals surface area contributed by atoms with Crippen molar-refractivity contribution in [1.82, 2.24) is 4.31 Å². The standard InChI is InChI=1S/C22H25NO4S/c1-18-7-9-20(10-8-18)17-27-22(24)21-11-14-23(15-12-21)28(25,26)16-13-19-5-3-2-4-6-19/h2-10,13,16,21H,11-12,14-15,17H2,1H3/b16-13+. The first-order chi connectivity index (χ1) is 13.4. The molecule has 0 unspecified atom stereocenters. The van der Waals surface area contributed by atoms with Crippen molar-refractivity contribution in [1.29, 1.82) is 0 Å². The summed E-state index contributed by atoms with van der Waals surface area (Å²) in [5.74, 6) is -0.507. The minimum absolute atomic E-state index is 0.247. The van der Waals surface area contributed by atoms with Gasteiger partial charge in [-0.1, -0.05) is 60.2 Å². The Kier molecular flexibility index (Phi) is 6.65. The number of ether oxygens (including phenoxy) is 1. The molecule has 2 aromatic carbocycles. The van der Waals surface area contributed by atoms with E-state index in [9.17, 15) is 13.2 Å². The summed E-state index contributed by atoms with van der Waals surface area (Å²) in [7, 11) is -3.49. The van der Waals surface area contributed by atoms with Gasteiger partial charge in [0, 0.05) is 18.5 Å². The highest BCUT2D eigenvalue weighted by molar-refractivity contribution is 7.92. The molecule has 0 aliphatic carbocycles. The van der Waals surface area contributed by atoms with Crippen LogP contribution in [0.25, 0.3) is 6.08 Å². The molecule has 0 aromatic heterocycles. The Balaban J connectivity index is 1.49. The molecule has 1 aliphatic rings. The van der Waals surface area contributed by atoms with Crippen molar-refractivity contribution < 1.29 is 17.9 Å². The summed E-state index contributed by atoms with van der Waals surface area (Å²) in [6.07, 6.45) is 2.55. The summed E-state index contributed by atoms with van der Waals surface area (Å²) in [5, 5.41) is 1.23. The second-order valence-electron chi connectivity index (χ2n) is 7.03. The number of esters is 1. The van der Waals surface area contributed by atoms with Gasteiger partial charge in [-0.3, -0.25) is 4.79 Å². The number of hydrogen-bond donors (Lipinski definition) is 0. The second kappa shape index (κ2) is 9.17. The largest absolute Gasteiger partial charge is 0.461 e. The lowest BCUT2D eigenvalue weighted by molar-refractivity contribution is -0.151. The number of carbonyl (C=O) groups excluding carboxylic acids is 1. The summed E-state index contributed by atoms with van der Waals surface area (Å²) in [5.41, 5.74) is 2.94. The van der Waals surface area contributed by atoms with Gasteiger partial charge in [-0.2, -0.15) is 4.31 Å². The summed E-state index contributed by atoms with van der Waals surface area (Å²) in [6.45, 7) is 2.90. The van der Waals surface area contributed by atoms with Gasteiger partial charge in [-0.05, 0) is 37.0 Å². The Labute approximate surface area is 166 Å². The van der Waals surface area contributed by atoms with E-state index in [1.165, 1.54) is 9.71 Å². The summed E-state index contributed by atoms with van der Waals surface area (Å²) >= 11 is 0. The molecule has 0 N–H and O–H groups in total. The maximum atomic E-state index is 12.5. The van der Waals surface area contributed by atoms with Crippen molar-refractivity contribution in [2.75, 3.05) is 13.1 Å². The molecule has 1 heterocycles. The molecule has 0 radical (unpaired) electrons. The highest BCUT2D eigenvalue weighted by atomic mass is 32.2. The van der Waals surface area contributed by atoms with Gasteiger partial charge in [-0.25, -0.2) is 8.42 Å². The predicted molar refractivity (Wildman–Crippen MR) is 110 cm³/mol. The van der Waals surface area contributed by atoms with Gasteiger partial charge in [0.05, 0.1) is 5.92 Å². The maximum absolute atomic E-state index is 12.5. The molecule has 148 valence electrons. The first-order valence-electron chi connectivity index (χ1n) is 9.39. The SMILES string of the molecule is Cc1ccc(COC(=O)C2CCN(S(=O)(=O)/C=C/c3ccccc3)CC2)cc1. The number of rotatable bonds is 6. The molecular weight excluding hydrogens is 374 g/mol. The number of piperidine rings is 1. The van der Waals surface area contributed by atoms with Crippen molar-refractivity contribution in [3.05, 3.63) is 76.7 Å². The Morgan fingerprint density at radius 2 is 1.71 bits per heavy atom. The molecule has 6 heteroatoms. The third-order valence-corrected chi connectivity index (χ3v) is 6.45. The smallest absolute Gasteiger partial charge is 0.309 e. The molecule has 1 aliphatic heterocycles. The number of hydrogen-bond acceptors (Lipinski definition) is 4. The van der Waals surface area contributed by atoms with Crippen LogP contribution in [0.2, 0.25) is 0 Å². The van der Waals surface area contributed by atoms with Crippen molar-refractivity contribution in [2.45, 2.75) is 26.4 Å². The van der Waals surface area contributed by atoms with E-state index in [0.717, 1.165) is 16.7 Å². The molecule has 0 spiro atoms. The summed E-state index contributed by atoms with van der Waals surface area (Å²) in [4.78, 5) is 12.3. The third-order valence-electron chi connectivity index (χ3n) is 4.88. The fraction of sp³-hybridized carbons (Fsp3) is 0.318. The zero-order valence-electron chi connectivity index (χ0n) is 16.0. The van der Waals surface area contributed by atoms with Crippen molar-refractivity contribution in [3.63, 3.8) is 0 Å². The highest BCUT2D eigenvalue weighted by Gasteiger charge is 2.30. The first-order valence-corrected chi connectivity index (χ1v) is 10.9. The predicted octanol–water partition coefficient (Wildman–Crippen LogP) is 3.75. The molecule has 0 atom stereocenters. The number of sulfonamides is 1. The lowest BCUT2D eigenvalue weighted by Crippen LogP contribution is -2.39. The molecule has 0 bridgehead atoms. The van der Waals surface area contributed by atoms with E-state index >= 15 is 0 Å². The van der Waals surface area contributed by atoms with Crippen LogP contribution in [0.3, 0.4) is 0 Å². The second-order valence-corrected chi connectivity index (χ2v) is 8.84. The first kappa shape index (κ1) is 20.3. The van der Waals surface area contributed by atoms with Crippen molar-refractivity contribution >= 4 is 22.1 Å². The normalized spacial score (nSPS) is 16.3. The molecule has 1 fully saturated rings.